The molecule has 2 aliphatic heterocycles. The zero-order chi connectivity index (χ0) is 33.8. The van der Waals surface area contributed by atoms with Gasteiger partial charge in [-0.1, -0.05) is 45.9 Å². The second-order valence-electron chi connectivity index (χ2n) is 13.2. The quantitative estimate of drug-likeness (QED) is 0.404. The normalized spacial score (nSPS) is 32.7. The summed E-state index contributed by atoms with van der Waals surface area (Å²) in [4.78, 5) is 44.2. The zero-order valence-electron chi connectivity index (χ0n) is 27.8. The van der Waals surface area contributed by atoms with Crippen molar-refractivity contribution in [3.05, 3.63) is 81.4 Å². The van der Waals surface area contributed by atoms with E-state index in [1.807, 2.05) is 6.07 Å². The largest absolute Gasteiger partial charge is 0.383 e. The number of benzene rings is 1. The monoisotopic (exact) mass is 637 g/mol. The van der Waals surface area contributed by atoms with E-state index in [4.69, 9.17) is 16.6 Å². The standard InChI is InChI=1S/C20H23N3O3.C13H19N3O2.CH3F/c1-12-10-13(2)18-15(12)11-17(26-18)23-9-8-16(22-20(23)25)21-19(24)14-6-4-3-5-7-14;1-7-5-8(2)12-9(7)6-11(18-12)16-4-3-10(14)15-13(16)17;1-2/h3-9,12-13,15,17-18H,10-11H2,1-2H3,(H,21,22,24,25);3-4,7-9,11-12H,5-6H2,1-2H3,(H2,14,15,17);1H3/t12-,13-,15+,17-,18-;7-,8-,9+,11-,12-;/m11./s1/i;;1D. The molecule has 3 N–H and O–H groups in total. The molecule has 0 bridgehead atoms. The van der Waals surface area contributed by atoms with Gasteiger partial charge in [0, 0.05) is 18.0 Å². The number of rotatable bonds is 4. The number of carbonyl (C=O) groups excluding carboxylic acids is 1. The Morgan fingerprint density at radius 2 is 1.33 bits per heavy atom. The molecule has 248 valence electrons. The van der Waals surface area contributed by atoms with Gasteiger partial charge < -0.3 is 20.5 Å². The molecule has 4 heterocycles. The summed E-state index contributed by atoms with van der Waals surface area (Å²) in [6, 6.07) is 12.1. The highest BCUT2D eigenvalue weighted by molar-refractivity contribution is 6.03. The van der Waals surface area contributed by atoms with E-state index >= 15 is 0 Å². The van der Waals surface area contributed by atoms with E-state index in [1.54, 1.807) is 53.4 Å². The van der Waals surface area contributed by atoms with E-state index in [1.165, 1.54) is 17.4 Å². The van der Waals surface area contributed by atoms with Gasteiger partial charge in [0.25, 0.3) is 5.91 Å². The second kappa shape index (κ2) is 14.3. The molecule has 11 nitrogen and oxygen atoms in total. The summed E-state index contributed by atoms with van der Waals surface area (Å²) in [7, 11) is -1.00. The first-order chi connectivity index (χ1) is 22.5. The number of ether oxygens (including phenoxy) is 2. The summed E-state index contributed by atoms with van der Waals surface area (Å²) in [6.45, 7) is 8.98. The lowest BCUT2D eigenvalue weighted by molar-refractivity contribution is -0.0218. The molecule has 0 unspecified atom stereocenters. The Morgan fingerprint density at radius 1 is 0.826 bits per heavy atom. The predicted molar refractivity (Wildman–Crippen MR) is 173 cm³/mol. The fraction of sp³-hybridized carbons (Fsp3) is 0.559. The average Bonchev–Trinajstić information content (AvgIpc) is 3.79. The minimum Gasteiger partial charge on any atom is -0.383 e. The number of amides is 1. The van der Waals surface area contributed by atoms with E-state index < -0.39 is 12.8 Å². The van der Waals surface area contributed by atoms with E-state index in [-0.39, 0.29) is 47.9 Å². The number of anilines is 2. The molecule has 2 saturated carbocycles. The van der Waals surface area contributed by atoms with Crippen molar-refractivity contribution in [2.24, 2.45) is 35.5 Å². The first-order valence-electron chi connectivity index (χ1n) is 16.7. The molecule has 4 aliphatic rings. The summed E-state index contributed by atoms with van der Waals surface area (Å²) in [5, 5.41) is 2.67. The second-order valence-corrected chi connectivity index (χ2v) is 13.2. The van der Waals surface area contributed by atoms with Crippen molar-refractivity contribution in [2.45, 2.75) is 78.0 Å². The van der Waals surface area contributed by atoms with Crippen LogP contribution in [-0.4, -0.2) is 44.4 Å². The molecule has 2 aromatic heterocycles. The Bertz CT molecular complexity index is 1610. The van der Waals surface area contributed by atoms with Crippen molar-refractivity contribution in [3.8, 4) is 0 Å². The Labute approximate surface area is 269 Å². The smallest absolute Gasteiger partial charge is 0.351 e. The molecule has 46 heavy (non-hydrogen) atoms. The molecule has 12 heteroatoms. The van der Waals surface area contributed by atoms with Crippen LogP contribution in [0.1, 0.15) is 77.6 Å². The molecule has 0 spiro atoms. The van der Waals surface area contributed by atoms with Crippen LogP contribution in [-0.2, 0) is 9.47 Å². The zero-order valence-corrected chi connectivity index (χ0v) is 26.8. The Balaban J connectivity index is 0.000000180. The highest BCUT2D eigenvalue weighted by Crippen LogP contribution is 2.49. The van der Waals surface area contributed by atoms with Crippen molar-refractivity contribution in [1.82, 2.24) is 19.1 Å². The lowest BCUT2D eigenvalue weighted by Crippen LogP contribution is -2.28. The van der Waals surface area contributed by atoms with Gasteiger partial charge in [-0.25, -0.2) is 9.59 Å². The van der Waals surface area contributed by atoms with Crippen molar-refractivity contribution < 1.29 is 20.0 Å². The van der Waals surface area contributed by atoms with Gasteiger partial charge in [-0.05, 0) is 85.5 Å². The fourth-order valence-corrected chi connectivity index (χ4v) is 7.91. The van der Waals surface area contributed by atoms with Gasteiger partial charge in [0.1, 0.15) is 24.1 Å². The molecule has 1 aromatic carbocycles. The van der Waals surface area contributed by atoms with Crippen molar-refractivity contribution in [1.29, 1.82) is 0 Å². The number of nitrogen functional groups attached to an aromatic ring is 1. The maximum Gasteiger partial charge on any atom is 0.351 e. The summed E-state index contributed by atoms with van der Waals surface area (Å²) < 4.78 is 30.8. The van der Waals surface area contributed by atoms with Crippen LogP contribution in [0.15, 0.2) is 64.4 Å². The number of halogens is 1. The molecule has 10 atom stereocenters. The van der Waals surface area contributed by atoms with Crippen molar-refractivity contribution in [3.63, 3.8) is 0 Å². The number of hydrogen-bond donors (Lipinski definition) is 2. The first-order valence-corrected chi connectivity index (χ1v) is 16.0. The maximum atomic E-state index is 12.4. The van der Waals surface area contributed by atoms with Crippen LogP contribution in [0.25, 0.3) is 0 Å². The third-order valence-electron chi connectivity index (χ3n) is 10.1. The number of fused-ring (bicyclic) bond motifs is 2. The van der Waals surface area contributed by atoms with Gasteiger partial charge in [0.15, 0.2) is 0 Å². The van der Waals surface area contributed by atoms with Gasteiger partial charge >= 0.3 is 11.4 Å². The minimum atomic E-state index is -1.00. The molecular formula is C34H45FN6O5. The summed E-state index contributed by atoms with van der Waals surface area (Å²) in [5.74, 6) is 3.68. The molecule has 2 aliphatic carbocycles. The lowest BCUT2D eigenvalue weighted by Gasteiger charge is -2.18. The Kier molecular flexibility index (Phi) is 9.93. The van der Waals surface area contributed by atoms with Crippen LogP contribution in [0.5, 0.6) is 0 Å². The number of nitrogens with zero attached hydrogens (tertiary/aromatic N) is 4. The number of carbonyl (C=O) groups is 1. The first kappa shape index (κ1) is 32.1. The fourth-order valence-electron chi connectivity index (χ4n) is 7.91. The lowest BCUT2D eigenvalue weighted by atomic mass is 9.94. The van der Waals surface area contributed by atoms with Crippen LogP contribution in [0, 0.1) is 35.5 Å². The number of hydrogen-bond acceptors (Lipinski definition) is 8. The van der Waals surface area contributed by atoms with Gasteiger partial charge in [0.2, 0.25) is 0 Å². The third kappa shape index (κ3) is 6.92. The third-order valence-corrected chi connectivity index (χ3v) is 10.1. The van der Waals surface area contributed by atoms with Crippen LogP contribution >= 0.6 is 0 Å². The minimum absolute atomic E-state index is 0.175. The van der Waals surface area contributed by atoms with Gasteiger partial charge in [-0.15, -0.1) is 0 Å². The van der Waals surface area contributed by atoms with E-state index in [9.17, 15) is 18.8 Å². The molecule has 3 aromatic rings. The van der Waals surface area contributed by atoms with E-state index in [0.717, 1.165) is 12.8 Å². The van der Waals surface area contributed by atoms with Gasteiger partial charge in [-0.3, -0.25) is 18.3 Å². The Hall–Kier alpha value is -3.90. The highest BCUT2D eigenvalue weighted by atomic mass is 19.1. The highest BCUT2D eigenvalue weighted by Gasteiger charge is 2.48. The SMILES string of the molecule is C[C@@H]1C[C@@H](C)[C@H]2O[C@@H](n3ccc(N)nc3=O)C[C@H]21.C[C@@H]1C[C@@H](C)[C@H]2O[C@@H](n3ccc(NC(=O)c4ccccc4)nc3=O)C[C@H]21.[2H]CF. The number of aromatic nitrogens is 4. The molecule has 1 amide bonds. The Morgan fingerprint density at radius 3 is 1.80 bits per heavy atom. The van der Waals surface area contributed by atoms with Crippen LogP contribution in [0.4, 0.5) is 16.0 Å². The van der Waals surface area contributed by atoms with Crippen molar-refractivity contribution >= 4 is 17.5 Å². The molecular weight excluding hydrogens is 591 g/mol. The van der Waals surface area contributed by atoms with Crippen LogP contribution in [0.3, 0.4) is 0 Å². The predicted octanol–water partition coefficient (Wildman–Crippen LogP) is 5.07. The van der Waals surface area contributed by atoms with Crippen molar-refractivity contribution in [2.75, 3.05) is 18.2 Å². The van der Waals surface area contributed by atoms with Gasteiger partial charge in [-0.2, -0.15) is 9.97 Å². The maximum absolute atomic E-state index is 12.4. The molecule has 2 saturated heterocycles. The van der Waals surface area contributed by atoms with Crippen LogP contribution in [0.2, 0.25) is 0 Å². The molecule has 0 radical (unpaired) electrons. The number of alkyl halides is 1. The summed E-state index contributed by atoms with van der Waals surface area (Å²) in [5.41, 5.74) is 5.30. The molecule has 4 fully saturated rings. The summed E-state index contributed by atoms with van der Waals surface area (Å²) >= 11 is 0. The van der Waals surface area contributed by atoms with E-state index in [2.05, 4.69) is 43.0 Å². The number of nitrogens with one attached hydrogen (secondary N) is 1. The number of nitrogens with two attached hydrogens (primary N) is 1. The molecule has 7 rings (SSSR count). The van der Waals surface area contributed by atoms with Gasteiger partial charge in [0.05, 0.1) is 20.7 Å². The van der Waals surface area contributed by atoms with Crippen LogP contribution < -0.4 is 22.4 Å². The average molecular weight is 638 g/mol. The topological polar surface area (TPSA) is 143 Å². The summed E-state index contributed by atoms with van der Waals surface area (Å²) in [6.07, 6.45) is 7.56. The van der Waals surface area contributed by atoms with E-state index in [0.29, 0.717) is 41.1 Å².